The fourth-order valence-corrected chi connectivity index (χ4v) is 4.87. The van der Waals surface area contributed by atoms with Crippen molar-refractivity contribution in [3.63, 3.8) is 0 Å². The van der Waals surface area contributed by atoms with E-state index in [4.69, 9.17) is 0 Å². The van der Waals surface area contributed by atoms with E-state index >= 15 is 0 Å². The van der Waals surface area contributed by atoms with Crippen molar-refractivity contribution < 1.29 is 0 Å². The highest BCUT2D eigenvalue weighted by atomic mass is 32.1. The molecule has 5 aromatic rings. The van der Waals surface area contributed by atoms with Gasteiger partial charge in [0.1, 0.15) is 4.83 Å². The van der Waals surface area contributed by atoms with Crippen LogP contribution in [0.25, 0.3) is 41.8 Å². The third kappa shape index (κ3) is 2.27. The SMILES string of the molecule is O=c1c(-c2ncc3c(=O)c4ccccc4sc3n2)csc2ccccc12. The molecule has 0 aliphatic rings. The van der Waals surface area contributed by atoms with Gasteiger partial charge in [0, 0.05) is 31.7 Å². The average Bonchev–Trinajstić information content (AvgIpc) is 2.68. The van der Waals surface area contributed by atoms with Crippen LogP contribution in [0.2, 0.25) is 0 Å². The zero-order chi connectivity index (χ0) is 17.7. The Morgan fingerprint density at radius 2 is 1.46 bits per heavy atom. The molecule has 0 fully saturated rings. The van der Waals surface area contributed by atoms with Crippen molar-refractivity contribution in [3.8, 4) is 11.4 Å². The van der Waals surface area contributed by atoms with Gasteiger partial charge in [-0.25, -0.2) is 9.97 Å². The summed E-state index contributed by atoms with van der Waals surface area (Å²) in [5.74, 6) is 0.357. The fraction of sp³-hybridized carbons (Fsp3) is 0. The minimum absolute atomic E-state index is 0.0791. The highest BCUT2D eigenvalue weighted by Gasteiger charge is 2.13. The number of benzene rings is 2. The summed E-state index contributed by atoms with van der Waals surface area (Å²) in [7, 11) is 0. The van der Waals surface area contributed by atoms with E-state index in [2.05, 4.69) is 9.97 Å². The molecule has 0 radical (unpaired) electrons. The van der Waals surface area contributed by atoms with Crippen LogP contribution in [0.1, 0.15) is 0 Å². The van der Waals surface area contributed by atoms with E-state index in [1.807, 2.05) is 48.5 Å². The van der Waals surface area contributed by atoms with Crippen molar-refractivity contribution >= 4 is 53.1 Å². The summed E-state index contributed by atoms with van der Waals surface area (Å²) in [5.41, 5.74) is 0.291. The lowest BCUT2D eigenvalue weighted by molar-refractivity contribution is 1.23. The van der Waals surface area contributed by atoms with Gasteiger partial charge < -0.3 is 0 Å². The molecule has 0 aliphatic carbocycles. The van der Waals surface area contributed by atoms with Gasteiger partial charge in [-0.05, 0) is 24.3 Å². The number of aromatic nitrogens is 2. The van der Waals surface area contributed by atoms with Crippen molar-refractivity contribution in [2.24, 2.45) is 0 Å². The minimum atomic E-state index is -0.0909. The van der Waals surface area contributed by atoms with Gasteiger partial charge in [0.2, 0.25) is 0 Å². The quantitative estimate of drug-likeness (QED) is 0.407. The molecule has 0 spiro atoms. The molecule has 3 heterocycles. The maximum Gasteiger partial charge on any atom is 0.199 e. The molecule has 0 N–H and O–H groups in total. The highest BCUT2D eigenvalue weighted by Crippen LogP contribution is 2.25. The summed E-state index contributed by atoms with van der Waals surface area (Å²) in [4.78, 5) is 34.9. The number of nitrogens with zero attached hydrogens (tertiary/aromatic N) is 2. The lowest BCUT2D eigenvalue weighted by Crippen LogP contribution is -2.08. The molecule has 0 bridgehead atoms. The van der Waals surface area contributed by atoms with Gasteiger partial charge in [-0.15, -0.1) is 22.7 Å². The van der Waals surface area contributed by atoms with Crippen LogP contribution in [0, 0.1) is 0 Å². The number of rotatable bonds is 1. The summed E-state index contributed by atoms with van der Waals surface area (Å²) < 4.78 is 1.80. The van der Waals surface area contributed by atoms with Crippen molar-refractivity contribution in [1.29, 1.82) is 0 Å². The first-order valence-corrected chi connectivity index (χ1v) is 9.61. The Balaban J connectivity index is 1.81. The molecule has 124 valence electrons. The van der Waals surface area contributed by atoms with E-state index in [-0.39, 0.29) is 10.9 Å². The van der Waals surface area contributed by atoms with Crippen LogP contribution in [0.4, 0.5) is 0 Å². The third-order valence-corrected chi connectivity index (χ3v) is 6.30. The van der Waals surface area contributed by atoms with E-state index in [9.17, 15) is 9.59 Å². The average molecular weight is 374 g/mol. The highest BCUT2D eigenvalue weighted by molar-refractivity contribution is 7.24. The van der Waals surface area contributed by atoms with E-state index < -0.39 is 0 Å². The maximum atomic E-state index is 12.8. The van der Waals surface area contributed by atoms with Crippen molar-refractivity contribution in [2.75, 3.05) is 0 Å². The largest absolute Gasteiger partial charge is 0.288 e. The Morgan fingerprint density at radius 3 is 2.27 bits per heavy atom. The Labute approximate surface area is 155 Å². The van der Waals surface area contributed by atoms with Crippen molar-refractivity contribution in [1.82, 2.24) is 9.97 Å². The molecule has 4 nitrogen and oxygen atoms in total. The second-order valence-corrected chi connectivity index (χ2v) is 7.76. The van der Waals surface area contributed by atoms with Gasteiger partial charge in [-0.1, -0.05) is 24.3 Å². The smallest absolute Gasteiger partial charge is 0.199 e. The van der Waals surface area contributed by atoms with E-state index in [0.717, 1.165) is 9.40 Å². The predicted octanol–water partition coefficient (Wildman–Crippen LogP) is 4.45. The van der Waals surface area contributed by atoms with Crippen LogP contribution < -0.4 is 10.9 Å². The molecule has 0 amide bonds. The van der Waals surface area contributed by atoms with Gasteiger partial charge in [-0.3, -0.25) is 9.59 Å². The minimum Gasteiger partial charge on any atom is -0.288 e. The standard InChI is InChI=1S/C20H10N2O2S2/c23-17-12-6-2-4-8-16(12)26-20-13(17)9-21-19(22-20)14-10-25-15-7-3-1-5-11(15)18(14)24/h1-10H. The van der Waals surface area contributed by atoms with Crippen LogP contribution in [-0.2, 0) is 0 Å². The van der Waals surface area contributed by atoms with E-state index in [1.54, 1.807) is 5.38 Å². The number of fused-ring (bicyclic) bond motifs is 3. The normalized spacial score (nSPS) is 11.4. The Hall–Kier alpha value is -2.96. The molecular formula is C20H10N2O2S2. The second kappa shape index (κ2) is 5.79. The van der Waals surface area contributed by atoms with E-state index in [0.29, 0.717) is 32.4 Å². The molecule has 26 heavy (non-hydrogen) atoms. The van der Waals surface area contributed by atoms with Crippen molar-refractivity contribution in [2.45, 2.75) is 0 Å². The van der Waals surface area contributed by atoms with Gasteiger partial charge in [0.15, 0.2) is 16.7 Å². The van der Waals surface area contributed by atoms with Gasteiger partial charge in [0.25, 0.3) is 0 Å². The maximum absolute atomic E-state index is 12.8. The summed E-state index contributed by atoms with van der Waals surface area (Å²) in [6.45, 7) is 0. The molecular weight excluding hydrogens is 364 g/mol. The Kier molecular flexibility index (Phi) is 3.41. The lowest BCUT2D eigenvalue weighted by Gasteiger charge is -2.04. The van der Waals surface area contributed by atoms with Crippen molar-refractivity contribution in [3.05, 3.63) is 80.6 Å². The molecule has 5 rings (SSSR count). The topological polar surface area (TPSA) is 59.9 Å². The predicted molar refractivity (Wildman–Crippen MR) is 108 cm³/mol. The molecule has 3 aromatic heterocycles. The summed E-state index contributed by atoms with van der Waals surface area (Å²) in [6, 6.07) is 14.9. The molecule has 0 aliphatic heterocycles. The first kappa shape index (κ1) is 15.3. The molecule has 2 aromatic carbocycles. The third-order valence-electron chi connectivity index (χ3n) is 4.26. The van der Waals surface area contributed by atoms with Crippen LogP contribution in [-0.4, -0.2) is 9.97 Å². The van der Waals surface area contributed by atoms with Crippen LogP contribution in [0.15, 0.2) is 69.7 Å². The Morgan fingerprint density at radius 1 is 0.769 bits per heavy atom. The van der Waals surface area contributed by atoms with Gasteiger partial charge in [-0.2, -0.15) is 0 Å². The van der Waals surface area contributed by atoms with Crippen LogP contribution in [0.5, 0.6) is 0 Å². The molecule has 0 unspecified atom stereocenters. The first-order valence-electron chi connectivity index (χ1n) is 7.92. The fourth-order valence-electron chi connectivity index (χ4n) is 2.95. The number of hydrogen-bond acceptors (Lipinski definition) is 6. The second-order valence-electron chi connectivity index (χ2n) is 5.81. The zero-order valence-corrected chi connectivity index (χ0v) is 14.9. The zero-order valence-electron chi connectivity index (χ0n) is 13.3. The summed E-state index contributed by atoms with van der Waals surface area (Å²) in [6.07, 6.45) is 1.53. The first-order chi connectivity index (χ1) is 12.7. The molecule has 0 saturated heterocycles. The van der Waals surface area contributed by atoms with Crippen LogP contribution >= 0.6 is 22.7 Å². The summed E-state index contributed by atoms with van der Waals surface area (Å²) >= 11 is 2.92. The molecule has 6 heteroatoms. The lowest BCUT2D eigenvalue weighted by atomic mass is 10.2. The summed E-state index contributed by atoms with van der Waals surface area (Å²) in [5, 5.41) is 3.59. The Bertz CT molecular complexity index is 1440. The molecule has 0 atom stereocenters. The molecule has 0 saturated carbocycles. The number of hydrogen-bond donors (Lipinski definition) is 0. The van der Waals surface area contributed by atoms with E-state index in [1.165, 1.54) is 28.9 Å². The monoisotopic (exact) mass is 374 g/mol. The van der Waals surface area contributed by atoms with Crippen LogP contribution in [0.3, 0.4) is 0 Å². The van der Waals surface area contributed by atoms with Gasteiger partial charge >= 0.3 is 0 Å². The van der Waals surface area contributed by atoms with Gasteiger partial charge in [0.05, 0.1) is 10.9 Å².